The lowest BCUT2D eigenvalue weighted by atomic mass is 10.2. The fraction of sp³-hybridized carbons (Fsp3) is 0.111. The minimum absolute atomic E-state index is 0.803. The molecule has 0 fully saturated rings. The Hall–Kier alpha value is -0.470. The maximum absolute atomic E-state index is 6.09. The van der Waals surface area contributed by atoms with Gasteiger partial charge in [0.05, 0.1) is 5.02 Å². The Balaban J connectivity index is 2.97. The average Bonchev–Trinajstić information content (AvgIpc) is 2.29. The summed E-state index contributed by atoms with van der Waals surface area (Å²) in [5, 5.41) is 1.87. The standard InChI is InChI=1S/C9H7BrClN/c1-5-9(11)8-6(10)3-2-4-7(8)12-5/h2-4,12H,1H3. The molecule has 0 aliphatic heterocycles. The Labute approximate surface area is 83.9 Å². The molecule has 0 unspecified atom stereocenters. The van der Waals surface area contributed by atoms with Gasteiger partial charge < -0.3 is 4.98 Å². The van der Waals surface area contributed by atoms with Gasteiger partial charge in [0.2, 0.25) is 0 Å². The second-order valence-corrected chi connectivity index (χ2v) is 3.96. The van der Waals surface area contributed by atoms with Gasteiger partial charge in [-0.3, -0.25) is 0 Å². The van der Waals surface area contributed by atoms with E-state index in [9.17, 15) is 0 Å². The lowest BCUT2D eigenvalue weighted by Gasteiger charge is -1.92. The third kappa shape index (κ3) is 1.06. The van der Waals surface area contributed by atoms with E-state index in [0.717, 1.165) is 26.1 Å². The van der Waals surface area contributed by atoms with Gasteiger partial charge in [-0.05, 0) is 19.1 Å². The summed E-state index contributed by atoms with van der Waals surface area (Å²) in [5.74, 6) is 0. The highest BCUT2D eigenvalue weighted by Crippen LogP contribution is 2.32. The molecule has 1 heterocycles. The SMILES string of the molecule is Cc1[nH]c2cccc(Br)c2c1Cl. The second kappa shape index (κ2) is 2.79. The van der Waals surface area contributed by atoms with Gasteiger partial charge in [0.1, 0.15) is 0 Å². The molecule has 12 heavy (non-hydrogen) atoms. The van der Waals surface area contributed by atoms with E-state index in [4.69, 9.17) is 11.6 Å². The lowest BCUT2D eigenvalue weighted by Crippen LogP contribution is -1.67. The molecule has 0 saturated heterocycles. The summed E-state index contributed by atoms with van der Waals surface area (Å²) in [4.78, 5) is 3.21. The van der Waals surface area contributed by atoms with Crippen LogP contribution in [0.25, 0.3) is 10.9 Å². The molecule has 0 amide bonds. The van der Waals surface area contributed by atoms with Crippen molar-refractivity contribution in [2.24, 2.45) is 0 Å². The largest absolute Gasteiger partial charge is 0.357 e. The van der Waals surface area contributed by atoms with Crippen molar-refractivity contribution in [3.63, 3.8) is 0 Å². The van der Waals surface area contributed by atoms with Gasteiger partial charge in [-0.2, -0.15) is 0 Å². The molecule has 1 aromatic heterocycles. The number of aromatic amines is 1. The van der Waals surface area contributed by atoms with Gasteiger partial charge in [-0.15, -0.1) is 0 Å². The second-order valence-electron chi connectivity index (χ2n) is 2.73. The summed E-state index contributed by atoms with van der Waals surface area (Å²) in [5.41, 5.74) is 2.09. The molecule has 1 nitrogen and oxygen atoms in total. The first-order chi connectivity index (χ1) is 5.70. The van der Waals surface area contributed by atoms with E-state index in [1.807, 2.05) is 25.1 Å². The van der Waals surface area contributed by atoms with Gasteiger partial charge in [0, 0.05) is 21.1 Å². The number of nitrogens with one attached hydrogen (secondary N) is 1. The Bertz CT molecular complexity index is 433. The third-order valence-electron chi connectivity index (χ3n) is 1.88. The fourth-order valence-corrected chi connectivity index (χ4v) is 2.23. The number of fused-ring (bicyclic) bond motifs is 1. The van der Waals surface area contributed by atoms with Crippen molar-refractivity contribution < 1.29 is 0 Å². The molecule has 0 atom stereocenters. The van der Waals surface area contributed by atoms with Crippen molar-refractivity contribution in [3.8, 4) is 0 Å². The normalized spacial score (nSPS) is 10.9. The first-order valence-electron chi connectivity index (χ1n) is 3.62. The molecule has 2 rings (SSSR count). The van der Waals surface area contributed by atoms with Crippen molar-refractivity contribution >= 4 is 38.4 Å². The van der Waals surface area contributed by atoms with Crippen LogP contribution in [0.3, 0.4) is 0 Å². The Morgan fingerprint density at radius 2 is 2.17 bits per heavy atom. The monoisotopic (exact) mass is 243 g/mol. The maximum Gasteiger partial charge on any atom is 0.0700 e. The van der Waals surface area contributed by atoms with Crippen LogP contribution in [0.5, 0.6) is 0 Å². The van der Waals surface area contributed by atoms with Gasteiger partial charge in [-0.25, -0.2) is 0 Å². The number of H-pyrrole nitrogens is 1. The topological polar surface area (TPSA) is 15.8 Å². The van der Waals surface area contributed by atoms with Crippen LogP contribution in [0.2, 0.25) is 5.02 Å². The van der Waals surface area contributed by atoms with Gasteiger partial charge >= 0.3 is 0 Å². The predicted octanol–water partition coefficient (Wildman–Crippen LogP) is 3.89. The maximum atomic E-state index is 6.09. The number of benzene rings is 1. The minimum Gasteiger partial charge on any atom is -0.357 e. The zero-order valence-electron chi connectivity index (χ0n) is 6.49. The molecule has 0 bridgehead atoms. The third-order valence-corrected chi connectivity index (χ3v) is 3.02. The predicted molar refractivity (Wildman–Crippen MR) is 55.7 cm³/mol. The lowest BCUT2D eigenvalue weighted by molar-refractivity contribution is 1.30. The summed E-state index contributed by atoms with van der Waals surface area (Å²) in [6.07, 6.45) is 0. The number of hydrogen-bond donors (Lipinski definition) is 1. The van der Waals surface area contributed by atoms with Crippen molar-refractivity contribution in [2.45, 2.75) is 6.92 Å². The van der Waals surface area contributed by atoms with E-state index in [2.05, 4.69) is 20.9 Å². The molecular formula is C9H7BrClN. The first-order valence-corrected chi connectivity index (χ1v) is 4.79. The van der Waals surface area contributed by atoms with Gasteiger partial charge in [0.15, 0.2) is 0 Å². The van der Waals surface area contributed by atoms with E-state index in [0.29, 0.717) is 0 Å². The van der Waals surface area contributed by atoms with Crippen LogP contribution in [0.4, 0.5) is 0 Å². The summed E-state index contributed by atoms with van der Waals surface area (Å²) in [7, 11) is 0. The van der Waals surface area contributed by atoms with Crippen molar-refractivity contribution in [1.29, 1.82) is 0 Å². The zero-order chi connectivity index (χ0) is 8.72. The highest BCUT2D eigenvalue weighted by atomic mass is 79.9. The molecule has 1 N–H and O–H groups in total. The Morgan fingerprint density at radius 3 is 2.83 bits per heavy atom. The number of rotatable bonds is 0. The van der Waals surface area contributed by atoms with E-state index in [1.165, 1.54) is 0 Å². The molecule has 0 aliphatic carbocycles. The van der Waals surface area contributed by atoms with Crippen LogP contribution in [0.1, 0.15) is 5.69 Å². The molecule has 3 heteroatoms. The number of aryl methyl sites for hydroxylation is 1. The quantitative estimate of drug-likeness (QED) is 0.724. The highest BCUT2D eigenvalue weighted by molar-refractivity contribution is 9.10. The summed E-state index contributed by atoms with van der Waals surface area (Å²) < 4.78 is 1.04. The molecule has 0 saturated carbocycles. The molecule has 0 aliphatic rings. The summed E-state index contributed by atoms with van der Waals surface area (Å²) >= 11 is 9.54. The molecule has 2 aromatic rings. The van der Waals surface area contributed by atoms with Crippen LogP contribution in [-0.4, -0.2) is 4.98 Å². The summed E-state index contributed by atoms with van der Waals surface area (Å²) in [6, 6.07) is 5.99. The van der Waals surface area contributed by atoms with Crippen LogP contribution >= 0.6 is 27.5 Å². The van der Waals surface area contributed by atoms with Crippen molar-refractivity contribution in [1.82, 2.24) is 4.98 Å². The van der Waals surface area contributed by atoms with Gasteiger partial charge in [0.25, 0.3) is 0 Å². The van der Waals surface area contributed by atoms with Crippen molar-refractivity contribution in [2.75, 3.05) is 0 Å². The highest BCUT2D eigenvalue weighted by Gasteiger charge is 2.07. The first kappa shape index (κ1) is 8.14. The molecule has 0 radical (unpaired) electrons. The average molecular weight is 245 g/mol. The number of halogens is 2. The smallest absolute Gasteiger partial charge is 0.0700 e. The molecule has 62 valence electrons. The van der Waals surface area contributed by atoms with E-state index < -0.39 is 0 Å². The van der Waals surface area contributed by atoms with Gasteiger partial charge in [-0.1, -0.05) is 33.6 Å². The molecule has 0 spiro atoms. The van der Waals surface area contributed by atoms with Crippen LogP contribution in [-0.2, 0) is 0 Å². The van der Waals surface area contributed by atoms with Crippen LogP contribution in [0.15, 0.2) is 22.7 Å². The number of aromatic nitrogens is 1. The zero-order valence-corrected chi connectivity index (χ0v) is 8.83. The van der Waals surface area contributed by atoms with E-state index in [1.54, 1.807) is 0 Å². The molecular weight excluding hydrogens is 237 g/mol. The van der Waals surface area contributed by atoms with Crippen molar-refractivity contribution in [3.05, 3.63) is 33.4 Å². The Morgan fingerprint density at radius 1 is 1.42 bits per heavy atom. The minimum atomic E-state index is 0.803. The van der Waals surface area contributed by atoms with Crippen LogP contribution < -0.4 is 0 Å². The van der Waals surface area contributed by atoms with Crippen LogP contribution in [0, 0.1) is 6.92 Å². The van der Waals surface area contributed by atoms with E-state index in [-0.39, 0.29) is 0 Å². The molecule has 1 aromatic carbocycles. The number of hydrogen-bond acceptors (Lipinski definition) is 0. The fourth-order valence-electron chi connectivity index (χ4n) is 1.30. The summed E-state index contributed by atoms with van der Waals surface area (Å²) in [6.45, 7) is 1.97. The van der Waals surface area contributed by atoms with E-state index >= 15 is 0 Å². The Kier molecular flexibility index (Phi) is 1.89.